The van der Waals surface area contributed by atoms with Gasteiger partial charge in [0.25, 0.3) is 0 Å². The normalized spacial score (nSPS) is 15.8. The Kier molecular flexibility index (Phi) is 9.97. The second kappa shape index (κ2) is 12.0. The first-order valence-electron chi connectivity index (χ1n) is 9.79. The maximum absolute atomic E-state index is 12.6. The number of hydrogen-bond donors (Lipinski definition) is 1. The molecule has 1 aliphatic heterocycles. The molecular formula is C18H29IN6O3S2. The van der Waals surface area contributed by atoms with Crippen LogP contribution < -0.4 is 5.32 Å². The molecule has 0 aromatic carbocycles. The zero-order chi connectivity index (χ0) is 20.7. The number of rotatable bonds is 8. The number of aromatic nitrogens is 2. The number of nitrogens with one attached hydrogen (secondary N) is 1. The van der Waals surface area contributed by atoms with Crippen LogP contribution in [0, 0.1) is 6.92 Å². The molecule has 1 aliphatic rings. The van der Waals surface area contributed by atoms with Gasteiger partial charge in [-0.3, -0.25) is 4.99 Å². The Morgan fingerprint density at radius 1 is 1.33 bits per heavy atom. The molecule has 168 valence electrons. The average Bonchev–Trinajstić information content (AvgIpc) is 3.35. The van der Waals surface area contributed by atoms with E-state index in [0.717, 1.165) is 36.0 Å². The van der Waals surface area contributed by atoms with Crippen LogP contribution in [0.4, 0.5) is 0 Å². The van der Waals surface area contributed by atoms with Gasteiger partial charge in [-0.1, -0.05) is 5.16 Å². The zero-order valence-electron chi connectivity index (χ0n) is 17.3. The number of hydrogen-bond acceptors (Lipinski definition) is 7. The van der Waals surface area contributed by atoms with Crippen molar-refractivity contribution < 1.29 is 12.9 Å². The van der Waals surface area contributed by atoms with Crippen LogP contribution >= 0.6 is 35.3 Å². The lowest BCUT2D eigenvalue weighted by Crippen LogP contribution is -2.53. The quantitative estimate of drug-likeness (QED) is 0.225. The third-order valence-corrected chi connectivity index (χ3v) is 7.40. The number of halogens is 1. The van der Waals surface area contributed by atoms with Gasteiger partial charge in [0.2, 0.25) is 10.0 Å². The second-order valence-corrected chi connectivity index (χ2v) is 9.77. The summed E-state index contributed by atoms with van der Waals surface area (Å²) in [7, 11) is -3.40. The van der Waals surface area contributed by atoms with Crippen molar-refractivity contribution in [1.29, 1.82) is 0 Å². The predicted molar refractivity (Wildman–Crippen MR) is 129 cm³/mol. The first-order chi connectivity index (χ1) is 14.0. The summed E-state index contributed by atoms with van der Waals surface area (Å²) >= 11 is 1.69. The van der Waals surface area contributed by atoms with E-state index in [1.165, 1.54) is 10.6 Å². The van der Waals surface area contributed by atoms with E-state index in [1.807, 2.05) is 13.8 Å². The Bertz CT molecular complexity index is 893. The lowest BCUT2D eigenvalue weighted by Gasteiger charge is -2.35. The molecule has 0 unspecified atom stereocenters. The van der Waals surface area contributed by atoms with Crippen molar-refractivity contribution >= 4 is 51.3 Å². The fourth-order valence-electron chi connectivity index (χ4n) is 3.13. The fraction of sp³-hybridized carbons (Fsp3) is 0.611. The summed E-state index contributed by atoms with van der Waals surface area (Å²) in [4.78, 5) is 11.3. The highest BCUT2D eigenvalue weighted by atomic mass is 127. The molecule has 1 N–H and O–H groups in total. The van der Waals surface area contributed by atoms with E-state index in [1.54, 1.807) is 17.4 Å². The summed E-state index contributed by atoms with van der Waals surface area (Å²) in [5, 5.41) is 10.2. The predicted octanol–water partition coefficient (Wildman–Crippen LogP) is 2.10. The van der Waals surface area contributed by atoms with Crippen molar-refractivity contribution in [3.63, 3.8) is 0 Å². The van der Waals surface area contributed by atoms with Gasteiger partial charge in [-0.25, -0.2) is 13.4 Å². The summed E-state index contributed by atoms with van der Waals surface area (Å²) < 4.78 is 31.4. The number of piperazine rings is 1. The fourth-order valence-corrected chi connectivity index (χ4v) is 5.37. The van der Waals surface area contributed by atoms with Gasteiger partial charge in [-0.2, -0.15) is 4.31 Å². The molecule has 1 fully saturated rings. The van der Waals surface area contributed by atoms with Crippen LogP contribution in [-0.4, -0.2) is 73.0 Å². The van der Waals surface area contributed by atoms with Crippen LogP contribution in [0.1, 0.15) is 29.7 Å². The Morgan fingerprint density at radius 3 is 2.70 bits per heavy atom. The SMILES string of the molecule is CCNC(=NCCCc1nc(C)cs1)N1CCN(S(=O)(=O)Cc2ccon2)CC1.I. The lowest BCUT2D eigenvalue weighted by molar-refractivity contribution is 0.260. The number of aliphatic imine (C=N–C) groups is 1. The van der Waals surface area contributed by atoms with Crippen LogP contribution in [0.2, 0.25) is 0 Å². The van der Waals surface area contributed by atoms with Crippen LogP contribution in [0.5, 0.6) is 0 Å². The molecule has 0 spiro atoms. The van der Waals surface area contributed by atoms with Gasteiger partial charge in [0.05, 0.1) is 10.7 Å². The smallest absolute Gasteiger partial charge is 0.220 e. The number of sulfonamides is 1. The molecule has 0 atom stereocenters. The second-order valence-electron chi connectivity index (χ2n) is 6.85. The van der Waals surface area contributed by atoms with Gasteiger partial charge in [-0.05, 0) is 20.3 Å². The first kappa shape index (κ1) is 25.0. The molecular weight excluding hydrogens is 539 g/mol. The van der Waals surface area contributed by atoms with E-state index in [9.17, 15) is 8.42 Å². The van der Waals surface area contributed by atoms with Gasteiger partial charge in [0.1, 0.15) is 12.0 Å². The zero-order valence-corrected chi connectivity index (χ0v) is 21.2. The van der Waals surface area contributed by atoms with E-state index in [0.29, 0.717) is 38.4 Å². The maximum Gasteiger partial charge on any atom is 0.220 e. The Labute approximate surface area is 199 Å². The Morgan fingerprint density at radius 2 is 2.10 bits per heavy atom. The molecule has 0 radical (unpaired) electrons. The molecule has 0 aliphatic carbocycles. The number of guanidine groups is 1. The molecule has 0 amide bonds. The highest BCUT2D eigenvalue weighted by molar-refractivity contribution is 14.0. The topological polar surface area (TPSA) is 104 Å². The van der Waals surface area contributed by atoms with Crippen molar-refractivity contribution in [1.82, 2.24) is 24.7 Å². The largest absolute Gasteiger partial charge is 0.364 e. The van der Waals surface area contributed by atoms with E-state index in [-0.39, 0.29) is 29.7 Å². The Balaban J connectivity index is 0.00000320. The van der Waals surface area contributed by atoms with Crippen molar-refractivity contribution in [2.24, 2.45) is 4.99 Å². The van der Waals surface area contributed by atoms with Gasteiger partial charge in [-0.15, -0.1) is 35.3 Å². The van der Waals surface area contributed by atoms with Crippen LogP contribution in [0.25, 0.3) is 0 Å². The van der Waals surface area contributed by atoms with Gasteiger partial charge >= 0.3 is 0 Å². The molecule has 3 rings (SSSR count). The lowest BCUT2D eigenvalue weighted by atomic mass is 10.3. The van der Waals surface area contributed by atoms with Crippen LogP contribution in [-0.2, 0) is 22.2 Å². The minimum Gasteiger partial charge on any atom is -0.364 e. The highest BCUT2D eigenvalue weighted by Gasteiger charge is 2.28. The molecule has 0 saturated carbocycles. The summed E-state index contributed by atoms with van der Waals surface area (Å²) in [6, 6.07) is 1.58. The van der Waals surface area contributed by atoms with E-state index in [4.69, 9.17) is 9.52 Å². The maximum atomic E-state index is 12.6. The highest BCUT2D eigenvalue weighted by Crippen LogP contribution is 2.13. The molecule has 0 bridgehead atoms. The summed E-state index contributed by atoms with van der Waals surface area (Å²) in [6.45, 7) is 7.61. The Hall–Kier alpha value is -1.25. The number of thiazole rings is 1. The van der Waals surface area contributed by atoms with Crippen molar-refractivity contribution in [3.8, 4) is 0 Å². The van der Waals surface area contributed by atoms with Crippen molar-refractivity contribution in [3.05, 3.63) is 34.1 Å². The summed E-state index contributed by atoms with van der Waals surface area (Å²) in [6.07, 6.45) is 3.25. The van der Waals surface area contributed by atoms with E-state index >= 15 is 0 Å². The average molecular weight is 569 g/mol. The molecule has 12 heteroatoms. The third-order valence-electron chi connectivity index (χ3n) is 4.56. The number of nitrogens with zero attached hydrogens (tertiary/aromatic N) is 5. The van der Waals surface area contributed by atoms with Crippen LogP contribution in [0.3, 0.4) is 0 Å². The molecule has 3 heterocycles. The summed E-state index contributed by atoms with van der Waals surface area (Å²) in [5.74, 6) is 0.713. The standard InChI is InChI=1S/C18H28N6O3S2.HI/c1-3-19-18(20-7-4-5-17-21-15(2)13-28-17)23-8-10-24(11-9-23)29(25,26)14-16-6-12-27-22-16;/h6,12-13H,3-5,7-11,14H2,1-2H3,(H,19,20);1H. The van der Waals surface area contributed by atoms with Crippen molar-refractivity contribution in [2.75, 3.05) is 39.3 Å². The van der Waals surface area contributed by atoms with Gasteiger partial charge < -0.3 is 14.7 Å². The van der Waals surface area contributed by atoms with Gasteiger partial charge in [0, 0.05) is 62.8 Å². The van der Waals surface area contributed by atoms with Crippen LogP contribution in [0.15, 0.2) is 27.2 Å². The van der Waals surface area contributed by atoms with E-state index < -0.39 is 10.0 Å². The van der Waals surface area contributed by atoms with Gasteiger partial charge in [0.15, 0.2) is 5.96 Å². The molecule has 30 heavy (non-hydrogen) atoms. The molecule has 2 aromatic rings. The molecule has 2 aromatic heterocycles. The molecule has 9 nitrogen and oxygen atoms in total. The number of aryl methyl sites for hydroxylation is 2. The minimum absolute atomic E-state index is 0. The first-order valence-corrected chi connectivity index (χ1v) is 12.3. The minimum atomic E-state index is -3.40. The van der Waals surface area contributed by atoms with Crippen molar-refractivity contribution in [2.45, 2.75) is 32.4 Å². The summed E-state index contributed by atoms with van der Waals surface area (Å²) in [5.41, 5.74) is 1.50. The third kappa shape index (κ3) is 7.17. The monoisotopic (exact) mass is 568 g/mol. The molecule has 1 saturated heterocycles. The van der Waals surface area contributed by atoms with E-state index in [2.05, 4.69) is 25.7 Å².